The minimum atomic E-state index is -0.795. The van der Waals surface area contributed by atoms with E-state index in [-0.39, 0.29) is 12.3 Å². The Hall–Kier alpha value is -2.14. The minimum Gasteiger partial charge on any atom is -0.388 e. The van der Waals surface area contributed by atoms with Gasteiger partial charge in [-0.25, -0.2) is 0 Å². The molecule has 0 saturated heterocycles. The number of aliphatic hydroxyl groups is 1. The molecule has 5 nitrogen and oxygen atoms in total. The van der Waals surface area contributed by atoms with Gasteiger partial charge in [0, 0.05) is 12.7 Å². The van der Waals surface area contributed by atoms with E-state index in [9.17, 15) is 9.90 Å². The number of rotatable bonds is 6. The van der Waals surface area contributed by atoms with E-state index in [1.54, 1.807) is 29.2 Å². The van der Waals surface area contributed by atoms with Crippen molar-refractivity contribution in [2.45, 2.75) is 32.9 Å². The fourth-order valence-corrected chi connectivity index (χ4v) is 2.08. The lowest BCUT2D eigenvalue weighted by Crippen LogP contribution is -2.15. The van der Waals surface area contributed by atoms with Crippen LogP contribution in [0.2, 0.25) is 0 Å². The summed E-state index contributed by atoms with van der Waals surface area (Å²) in [4.78, 5) is 11.9. The van der Waals surface area contributed by atoms with E-state index in [1.165, 1.54) is 0 Å². The molecular formula is C16H21N3O2. The SMILES string of the molecule is CC(C)Cn1cc(NC(=O)CC(O)c2ccccc2)cn1. The summed E-state index contributed by atoms with van der Waals surface area (Å²) < 4.78 is 1.80. The van der Waals surface area contributed by atoms with Crippen LogP contribution < -0.4 is 5.32 Å². The normalized spacial score (nSPS) is 12.4. The molecule has 0 aliphatic heterocycles. The van der Waals surface area contributed by atoms with Gasteiger partial charge in [0.05, 0.1) is 24.4 Å². The topological polar surface area (TPSA) is 67.2 Å². The summed E-state index contributed by atoms with van der Waals surface area (Å²) in [6.45, 7) is 5.02. The van der Waals surface area contributed by atoms with Crippen LogP contribution in [0.15, 0.2) is 42.7 Å². The lowest BCUT2D eigenvalue weighted by molar-refractivity contribution is -0.118. The first kappa shape index (κ1) is 15.3. The zero-order valence-electron chi connectivity index (χ0n) is 12.4. The lowest BCUT2D eigenvalue weighted by Gasteiger charge is -2.10. The second kappa shape index (κ2) is 7.04. The zero-order chi connectivity index (χ0) is 15.2. The Labute approximate surface area is 124 Å². The van der Waals surface area contributed by atoms with E-state index in [0.717, 1.165) is 12.1 Å². The molecule has 1 amide bonds. The van der Waals surface area contributed by atoms with Crippen molar-refractivity contribution < 1.29 is 9.90 Å². The second-order valence-electron chi connectivity index (χ2n) is 5.52. The molecule has 1 heterocycles. The standard InChI is InChI=1S/C16H21N3O2/c1-12(2)10-19-11-14(9-17-19)18-16(21)8-15(20)13-6-4-3-5-7-13/h3-7,9,11-12,15,20H,8,10H2,1-2H3,(H,18,21). The molecule has 2 aromatic rings. The highest BCUT2D eigenvalue weighted by Crippen LogP contribution is 2.17. The van der Waals surface area contributed by atoms with Gasteiger partial charge in [0.15, 0.2) is 0 Å². The first-order chi connectivity index (χ1) is 10.0. The van der Waals surface area contributed by atoms with Crippen LogP contribution in [-0.2, 0) is 11.3 Å². The number of anilines is 1. The molecule has 0 radical (unpaired) electrons. The molecule has 2 N–H and O–H groups in total. The summed E-state index contributed by atoms with van der Waals surface area (Å²) in [6, 6.07) is 9.16. The maximum Gasteiger partial charge on any atom is 0.227 e. The average molecular weight is 287 g/mol. The van der Waals surface area contributed by atoms with E-state index < -0.39 is 6.10 Å². The second-order valence-corrected chi connectivity index (χ2v) is 5.52. The van der Waals surface area contributed by atoms with Crippen LogP contribution in [0, 0.1) is 5.92 Å². The molecule has 2 rings (SSSR count). The number of nitrogens with zero attached hydrogens (tertiary/aromatic N) is 2. The number of aromatic nitrogens is 2. The summed E-state index contributed by atoms with van der Waals surface area (Å²) in [6.07, 6.45) is 2.65. The molecule has 112 valence electrons. The van der Waals surface area contributed by atoms with Gasteiger partial charge < -0.3 is 10.4 Å². The van der Waals surface area contributed by atoms with Crippen molar-refractivity contribution in [1.29, 1.82) is 0 Å². The van der Waals surface area contributed by atoms with Crippen LogP contribution >= 0.6 is 0 Å². The lowest BCUT2D eigenvalue weighted by atomic mass is 10.1. The Morgan fingerprint density at radius 2 is 2.05 bits per heavy atom. The van der Waals surface area contributed by atoms with Crippen molar-refractivity contribution in [3.63, 3.8) is 0 Å². The molecule has 0 aliphatic rings. The molecule has 1 aromatic carbocycles. The molecular weight excluding hydrogens is 266 g/mol. The van der Waals surface area contributed by atoms with Crippen molar-refractivity contribution in [3.8, 4) is 0 Å². The minimum absolute atomic E-state index is 0.0272. The fraction of sp³-hybridized carbons (Fsp3) is 0.375. The predicted molar refractivity (Wildman–Crippen MR) is 81.7 cm³/mol. The Bertz CT molecular complexity index is 578. The van der Waals surface area contributed by atoms with Crippen LogP contribution in [0.3, 0.4) is 0 Å². The number of carbonyl (C=O) groups is 1. The predicted octanol–water partition coefficient (Wildman–Crippen LogP) is 2.60. The molecule has 0 fully saturated rings. The quantitative estimate of drug-likeness (QED) is 0.858. The smallest absolute Gasteiger partial charge is 0.227 e. The Balaban J connectivity index is 1.88. The Kier molecular flexibility index (Phi) is 5.11. The van der Waals surface area contributed by atoms with Crippen LogP contribution in [0.4, 0.5) is 5.69 Å². The Morgan fingerprint density at radius 1 is 1.33 bits per heavy atom. The zero-order valence-corrected chi connectivity index (χ0v) is 12.4. The molecule has 21 heavy (non-hydrogen) atoms. The van der Waals surface area contributed by atoms with Crippen molar-refractivity contribution in [3.05, 3.63) is 48.3 Å². The van der Waals surface area contributed by atoms with Gasteiger partial charge in [-0.2, -0.15) is 5.10 Å². The molecule has 0 bridgehead atoms. The summed E-state index contributed by atoms with van der Waals surface area (Å²) in [5.41, 5.74) is 1.39. The van der Waals surface area contributed by atoms with E-state index in [2.05, 4.69) is 24.3 Å². The van der Waals surface area contributed by atoms with Gasteiger partial charge in [-0.3, -0.25) is 9.48 Å². The van der Waals surface area contributed by atoms with E-state index in [1.807, 2.05) is 18.2 Å². The van der Waals surface area contributed by atoms with Gasteiger partial charge in [0.1, 0.15) is 0 Å². The van der Waals surface area contributed by atoms with Crippen LogP contribution in [0.5, 0.6) is 0 Å². The summed E-state index contributed by atoms with van der Waals surface area (Å²) in [7, 11) is 0. The summed E-state index contributed by atoms with van der Waals surface area (Å²) in [5.74, 6) is 0.267. The third-order valence-electron chi connectivity index (χ3n) is 3.03. The average Bonchev–Trinajstić information content (AvgIpc) is 2.85. The van der Waals surface area contributed by atoms with Crippen molar-refractivity contribution in [2.24, 2.45) is 5.92 Å². The third kappa shape index (κ3) is 4.72. The first-order valence-corrected chi connectivity index (χ1v) is 7.10. The highest BCUT2D eigenvalue weighted by Gasteiger charge is 2.13. The van der Waals surface area contributed by atoms with Gasteiger partial charge >= 0.3 is 0 Å². The maximum absolute atomic E-state index is 11.9. The molecule has 1 atom stereocenters. The number of hydrogen-bond acceptors (Lipinski definition) is 3. The first-order valence-electron chi connectivity index (χ1n) is 7.10. The molecule has 5 heteroatoms. The van der Waals surface area contributed by atoms with Crippen LogP contribution in [0.25, 0.3) is 0 Å². The van der Waals surface area contributed by atoms with Gasteiger partial charge in [0.2, 0.25) is 5.91 Å². The van der Waals surface area contributed by atoms with Crippen LogP contribution in [0.1, 0.15) is 31.9 Å². The number of aliphatic hydroxyl groups excluding tert-OH is 1. The van der Waals surface area contributed by atoms with Gasteiger partial charge in [-0.05, 0) is 11.5 Å². The summed E-state index contributed by atoms with van der Waals surface area (Å²) in [5, 5.41) is 17.0. The maximum atomic E-state index is 11.9. The molecule has 1 unspecified atom stereocenters. The number of hydrogen-bond donors (Lipinski definition) is 2. The largest absolute Gasteiger partial charge is 0.388 e. The molecule has 0 aliphatic carbocycles. The molecule has 0 spiro atoms. The highest BCUT2D eigenvalue weighted by atomic mass is 16.3. The van der Waals surface area contributed by atoms with Crippen LogP contribution in [-0.4, -0.2) is 20.8 Å². The summed E-state index contributed by atoms with van der Waals surface area (Å²) >= 11 is 0. The monoisotopic (exact) mass is 287 g/mol. The van der Waals surface area contributed by atoms with Gasteiger partial charge in [-0.1, -0.05) is 44.2 Å². The number of carbonyl (C=O) groups excluding carboxylic acids is 1. The van der Waals surface area contributed by atoms with E-state index in [0.29, 0.717) is 11.6 Å². The van der Waals surface area contributed by atoms with Gasteiger partial charge in [-0.15, -0.1) is 0 Å². The fourth-order valence-electron chi connectivity index (χ4n) is 2.08. The van der Waals surface area contributed by atoms with Crippen molar-refractivity contribution in [1.82, 2.24) is 9.78 Å². The number of nitrogens with one attached hydrogen (secondary N) is 1. The number of amides is 1. The van der Waals surface area contributed by atoms with E-state index >= 15 is 0 Å². The third-order valence-corrected chi connectivity index (χ3v) is 3.03. The van der Waals surface area contributed by atoms with E-state index in [4.69, 9.17) is 0 Å². The van der Waals surface area contributed by atoms with Gasteiger partial charge in [0.25, 0.3) is 0 Å². The van der Waals surface area contributed by atoms with Crippen molar-refractivity contribution >= 4 is 11.6 Å². The molecule has 0 saturated carbocycles. The Morgan fingerprint density at radius 3 is 2.71 bits per heavy atom. The molecule has 1 aromatic heterocycles. The number of benzene rings is 1. The highest BCUT2D eigenvalue weighted by molar-refractivity contribution is 5.90. The van der Waals surface area contributed by atoms with Crippen molar-refractivity contribution in [2.75, 3.05) is 5.32 Å².